The Morgan fingerprint density at radius 3 is 2.19 bits per heavy atom. The molecule has 0 aliphatic heterocycles. The molecule has 0 spiro atoms. The van der Waals surface area contributed by atoms with E-state index < -0.39 is 11.4 Å². The minimum Gasteiger partial charge on any atom is -0.497 e. The normalized spacial score (nSPS) is 11.9. The molecule has 0 bridgehead atoms. The van der Waals surface area contributed by atoms with Crippen LogP contribution < -0.4 is 15.1 Å². The van der Waals surface area contributed by atoms with Gasteiger partial charge in [-0.3, -0.25) is 9.59 Å². The molecule has 6 nitrogen and oxygen atoms in total. The lowest BCUT2D eigenvalue weighted by Gasteiger charge is -2.22. The van der Waals surface area contributed by atoms with Crippen LogP contribution in [0, 0.1) is 0 Å². The summed E-state index contributed by atoms with van der Waals surface area (Å²) in [4.78, 5) is 39.7. The molecule has 1 aliphatic rings. The van der Waals surface area contributed by atoms with Crippen LogP contribution in [-0.2, 0) is 0 Å². The summed E-state index contributed by atoms with van der Waals surface area (Å²) < 4.78 is 16.1. The molecule has 5 rings (SSSR count). The van der Waals surface area contributed by atoms with Crippen LogP contribution in [0.1, 0.15) is 31.8 Å². The van der Waals surface area contributed by atoms with E-state index in [9.17, 15) is 14.4 Å². The van der Waals surface area contributed by atoms with E-state index in [1.54, 1.807) is 60.7 Å². The third-order valence-corrected chi connectivity index (χ3v) is 5.50. The highest BCUT2D eigenvalue weighted by Gasteiger charge is 2.34. The molecule has 0 saturated carbocycles. The number of carbonyl (C=O) groups is 2. The summed E-state index contributed by atoms with van der Waals surface area (Å²) in [7, 11) is 3.00. The minimum absolute atomic E-state index is 0.118. The Hall–Kier alpha value is -4.19. The Morgan fingerprint density at radius 2 is 1.52 bits per heavy atom. The molecule has 31 heavy (non-hydrogen) atoms. The van der Waals surface area contributed by atoms with Gasteiger partial charge in [0.25, 0.3) is 0 Å². The monoisotopic (exact) mass is 412 g/mol. The first-order valence-corrected chi connectivity index (χ1v) is 9.55. The maximum absolute atomic E-state index is 13.5. The van der Waals surface area contributed by atoms with Crippen molar-refractivity contribution in [1.82, 2.24) is 0 Å². The lowest BCUT2D eigenvalue weighted by Crippen LogP contribution is -2.21. The highest BCUT2D eigenvalue weighted by Crippen LogP contribution is 2.44. The molecule has 6 heteroatoms. The molecule has 0 saturated heterocycles. The van der Waals surface area contributed by atoms with Crippen molar-refractivity contribution in [3.63, 3.8) is 0 Å². The van der Waals surface area contributed by atoms with Gasteiger partial charge in [0.05, 0.1) is 19.8 Å². The average Bonchev–Trinajstić information content (AvgIpc) is 2.81. The second kappa shape index (κ2) is 6.95. The van der Waals surface area contributed by atoms with Gasteiger partial charge in [0, 0.05) is 22.1 Å². The zero-order chi connectivity index (χ0) is 21.7. The van der Waals surface area contributed by atoms with Crippen LogP contribution in [-0.4, -0.2) is 25.8 Å². The average molecular weight is 412 g/mol. The van der Waals surface area contributed by atoms with Crippen LogP contribution in [0.15, 0.2) is 69.9 Å². The number of ketones is 2. The molecule has 0 N–H and O–H groups in total. The van der Waals surface area contributed by atoms with E-state index in [0.717, 1.165) is 0 Å². The van der Waals surface area contributed by atoms with Gasteiger partial charge in [-0.15, -0.1) is 0 Å². The predicted molar refractivity (Wildman–Crippen MR) is 114 cm³/mol. The first kappa shape index (κ1) is 18.8. The number of benzene rings is 3. The van der Waals surface area contributed by atoms with Gasteiger partial charge in [-0.25, -0.2) is 4.79 Å². The SMILES string of the molecule is COc1ccc(C(=O)c2c3c4c(c(OC)ccc4oc2=O)C(=O)c2ccccc2-3)cc1. The molecular weight excluding hydrogens is 396 g/mol. The van der Waals surface area contributed by atoms with Crippen molar-refractivity contribution < 1.29 is 23.5 Å². The highest BCUT2D eigenvalue weighted by atomic mass is 16.5. The van der Waals surface area contributed by atoms with Crippen LogP contribution in [0.25, 0.3) is 22.1 Å². The van der Waals surface area contributed by atoms with E-state index >= 15 is 0 Å². The van der Waals surface area contributed by atoms with E-state index in [-0.39, 0.29) is 22.5 Å². The van der Waals surface area contributed by atoms with Gasteiger partial charge in [-0.2, -0.15) is 0 Å². The van der Waals surface area contributed by atoms with Crippen molar-refractivity contribution in [2.75, 3.05) is 14.2 Å². The summed E-state index contributed by atoms with van der Waals surface area (Å²) in [5, 5.41) is 0.402. The van der Waals surface area contributed by atoms with Gasteiger partial charge in [-0.1, -0.05) is 24.3 Å². The molecule has 4 aromatic rings. The third kappa shape index (κ3) is 2.69. The molecule has 1 aliphatic carbocycles. The fraction of sp³-hybridized carbons (Fsp3) is 0.0800. The quantitative estimate of drug-likeness (QED) is 0.324. The summed E-state index contributed by atoms with van der Waals surface area (Å²) in [6.45, 7) is 0. The summed E-state index contributed by atoms with van der Waals surface area (Å²) in [6.07, 6.45) is 0. The maximum Gasteiger partial charge on any atom is 0.348 e. The van der Waals surface area contributed by atoms with Crippen molar-refractivity contribution in [3.05, 3.63) is 93.3 Å². The Bertz CT molecular complexity index is 1440. The van der Waals surface area contributed by atoms with Crippen LogP contribution in [0.3, 0.4) is 0 Å². The number of rotatable bonds is 4. The zero-order valence-corrected chi connectivity index (χ0v) is 16.7. The standard InChI is InChI=1S/C25H16O6/c1-29-14-9-7-13(8-10-14)23(26)22-19-15-5-3-4-6-16(15)24(27)21-17(30-2)11-12-18(20(19)21)31-25(22)28/h3-12H,1-2H3. The van der Waals surface area contributed by atoms with Gasteiger partial charge in [0.15, 0.2) is 5.78 Å². The molecule has 0 amide bonds. The Morgan fingerprint density at radius 1 is 0.806 bits per heavy atom. The van der Waals surface area contributed by atoms with E-state index in [2.05, 4.69) is 0 Å². The Balaban J connectivity index is 1.90. The van der Waals surface area contributed by atoms with Crippen molar-refractivity contribution in [2.24, 2.45) is 0 Å². The fourth-order valence-electron chi connectivity index (χ4n) is 4.07. The predicted octanol–water partition coefficient (Wildman–Crippen LogP) is 4.25. The minimum atomic E-state index is -0.761. The van der Waals surface area contributed by atoms with Crippen molar-refractivity contribution in [2.45, 2.75) is 0 Å². The first-order valence-electron chi connectivity index (χ1n) is 9.55. The second-order valence-electron chi connectivity index (χ2n) is 7.09. The summed E-state index contributed by atoms with van der Waals surface area (Å²) in [6, 6.07) is 16.5. The second-order valence-corrected chi connectivity index (χ2v) is 7.09. The summed E-state index contributed by atoms with van der Waals surface area (Å²) in [5.41, 5.74) is 1.23. The first-order chi connectivity index (χ1) is 15.0. The number of carbonyl (C=O) groups excluding carboxylic acids is 2. The largest absolute Gasteiger partial charge is 0.497 e. The lowest BCUT2D eigenvalue weighted by molar-refractivity contribution is 0.102. The number of hydrogen-bond donors (Lipinski definition) is 0. The Labute approximate surface area is 176 Å². The molecule has 1 aromatic heterocycles. The third-order valence-electron chi connectivity index (χ3n) is 5.50. The lowest BCUT2D eigenvalue weighted by atomic mass is 9.81. The van der Waals surface area contributed by atoms with Crippen LogP contribution >= 0.6 is 0 Å². The van der Waals surface area contributed by atoms with Crippen LogP contribution in [0.4, 0.5) is 0 Å². The van der Waals surface area contributed by atoms with E-state index in [1.165, 1.54) is 14.2 Å². The van der Waals surface area contributed by atoms with Crippen LogP contribution in [0.5, 0.6) is 11.5 Å². The number of fused-ring (bicyclic) bond motifs is 2. The van der Waals surface area contributed by atoms with Gasteiger partial charge in [-0.05, 0) is 42.0 Å². The van der Waals surface area contributed by atoms with E-state index in [1.807, 2.05) is 0 Å². The molecule has 0 atom stereocenters. The van der Waals surface area contributed by atoms with Crippen molar-refractivity contribution in [3.8, 4) is 22.6 Å². The highest BCUT2D eigenvalue weighted by molar-refractivity contribution is 6.29. The molecule has 3 aromatic carbocycles. The molecule has 0 unspecified atom stereocenters. The molecule has 1 heterocycles. The van der Waals surface area contributed by atoms with Gasteiger partial charge < -0.3 is 13.9 Å². The van der Waals surface area contributed by atoms with E-state index in [4.69, 9.17) is 13.9 Å². The van der Waals surface area contributed by atoms with Gasteiger partial charge in [0.1, 0.15) is 22.6 Å². The van der Waals surface area contributed by atoms with Crippen molar-refractivity contribution >= 4 is 22.5 Å². The Kier molecular flexibility index (Phi) is 4.22. The zero-order valence-electron chi connectivity index (χ0n) is 16.7. The van der Waals surface area contributed by atoms with Gasteiger partial charge in [0.2, 0.25) is 5.78 Å². The molecular formula is C25H16O6. The van der Waals surface area contributed by atoms with Crippen molar-refractivity contribution in [1.29, 1.82) is 0 Å². The molecule has 0 radical (unpaired) electrons. The van der Waals surface area contributed by atoms with E-state index in [0.29, 0.717) is 39.1 Å². The topological polar surface area (TPSA) is 82.8 Å². The summed E-state index contributed by atoms with van der Waals surface area (Å²) in [5.74, 6) is 0.199. The summed E-state index contributed by atoms with van der Waals surface area (Å²) >= 11 is 0. The van der Waals surface area contributed by atoms with Gasteiger partial charge >= 0.3 is 5.63 Å². The molecule has 152 valence electrons. The smallest absolute Gasteiger partial charge is 0.348 e. The number of hydrogen-bond acceptors (Lipinski definition) is 6. The van der Waals surface area contributed by atoms with Crippen LogP contribution in [0.2, 0.25) is 0 Å². The number of ether oxygens (including phenoxy) is 2. The fourth-order valence-corrected chi connectivity index (χ4v) is 4.07. The molecule has 0 fully saturated rings. The number of methoxy groups -OCH3 is 2. The maximum atomic E-state index is 13.5.